The van der Waals surface area contributed by atoms with Crippen LogP contribution < -0.4 is 10.3 Å². The second-order valence-corrected chi connectivity index (χ2v) is 10.5. The molecule has 0 radical (unpaired) electrons. The summed E-state index contributed by atoms with van der Waals surface area (Å²) >= 11 is 0. The molecule has 3 rings (SSSR count). The molecule has 0 N–H and O–H groups in total. The predicted octanol–water partition coefficient (Wildman–Crippen LogP) is 5.73. The minimum Gasteiger partial charge on any atom is -0.497 e. The minimum absolute atomic E-state index is 0.00379. The first-order valence-corrected chi connectivity index (χ1v) is 12.2. The number of nitrogens with zero attached hydrogens (tertiary/aromatic N) is 2. The smallest absolute Gasteiger partial charge is 0.255 e. The van der Waals surface area contributed by atoms with E-state index in [0.717, 1.165) is 55.1 Å². The molecule has 0 unspecified atom stereocenters. The first-order valence-electron chi connectivity index (χ1n) is 12.2. The molecule has 1 aromatic heterocycles. The lowest BCUT2D eigenvalue weighted by molar-refractivity contribution is -0.133. The largest absolute Gasteiger partial charge is 0.497 e. The van der Waals surface area contributed by atoms with Gasteiger partial charge in [0, 0.05) is 24.7 Å². The van der Waals surface area contributed by atoms with Crippen LogP contribution in [0.25, 0.3) is 10.9 Å². The highest BCUT2D eigenvalue weighted by Gasteiger charge is 2.25. The fourth-order valence-electron chi connectivity index (χ4n) is 4.84. The minimum atomic E-state index is -0.0183. The summed E-state index contributed by atoms with van der Waals surface area (Å²) < 4.78 is 7.12. The van der Waals surface area contributed by atoms with E-state index in [1.165, 1.54) is 12.8 Å². The number of ether oxygens (including phenoxy) is 1. The van der Waals surface area contributed by atoms with E-state index >= 15 is 0 Å². The molecule has 1 heterocycles. The quantitative estimate of drug-likeness (QED) is 0.468. The Morgan fingerprint density at radius 2 is 1.88 bits per heavy atom. The fraction of sp³-hybridized carbons (Fsp3) is 0.630. The topological polar surface area (TPSA) is 51.5 Å². The molecule has 5 heteroatoms. The molecule has 0 aliphatic heterocycles. The molecule has 1 aliphatic carbocycles. The predicted molar refractivity (Wildman–Crippen MR) is 132 cm³/mol. The number of hydrogen-bond donors (Lipinski definition) is 0. The van der Waals surface area contributed by atoms with Gasteiger partial charge in [-0.1, -0.05) is 53.4 Å². The van der Waals surface area contributed by atoms with Crippen molar-refractivity contribution < 1.29 is 9.53 Å². The van der Waals surface area contributed by atoms with Gasteiger partial charge in [0.1, 0.15) is 12.3 Å². The third-order valence-electron chi connectivity index (χ3n) is 6.47. The van der Waals surface area contributed by atoms with E-state index in [1.807, 2.05) is 29.2 Å². The zero-order valence-corrected chi connectivity index (χ0v) is 20.6. The molecular formula is C27H40N2O3. The van der Waals surface area contributed by atoms with Gasteiger partial charge in [-0.25, -0.2) is 0 Å². The Kier molecular flexibility index (Phi) is 8.02. The van der Waals surface area contributed by atoms with Crippen LogP contribution in [0.4, 0.5) is 0 Å². The van der Waals surface area contributed by atoms with Gasteiger partial charge in [0.15, 0.2) is 0 Å². The maximum atomic E-state index is 13.6. The maximum Gasteiger partial charge on any atom is 0.255 e. The first-order chi connectivity index (χ1) is 15.2. The van der Waals surface area contributed by atoms with Gasteiger partial charge in [-0.3, -0.25) is 14.2 Å². The lowest BCUT2D eigenvalue weighted by Crippen LogP contribution is -2.42. The van der Waals surface area contributed by atoms with E-state index in [1.54, 1.807) is 11.7 Å². The summed E-state index contributed by atoms with van der Waals surface area (Å²) in [6, 6.07) is 7.85. The number of amides is 1. The average molecular weight is 441 g/mol. The highest BCUT2D eigenvalue weighted by Crippen LogP contribution is 2.34. The summed E-state index contributed by atoms with van der Waals surface area (Å²) in [5.74, 6) is 1.01. The fourth-order valence-corrected chi connectivity index (χ4v) is 4.84. The number of unbranched alkanes of at least 4 members (excludes halogenated alkanes) is 2. The van der Waals surface area contributed by atoms with E-state index in [0.29, 0.717) is 18.2 Å². The standard InChI is InChI=1S/C27H40N2O3/c1-6-7-10-15-28(19-27(2,3)4)25(30)18-29-24-17-22(32-5)14-13-21(24)16-23(26(29)31)20-11-8-9-12-20/h13-14,16-17,20H,6-12,15,18-19H2,1-5H3. The van der Waals surface area contributed by atoms with Crippen molar-refractivity contribution in [1.29, 1.82) is 0 Å². The molecule has 0 atom stereocenters. The van der Waals surface area contributed by atoms with Crippen LogP contribution in [0.15, 0.2) is 29.1 Å². The van der Waals surface area contributed by atoms with Crippen LogP contribution in [-0.4, -0.2) is 35.6 Å². The zero-order chi connectivity index (χ0) is 23.3. The molecule has 176 valence electrons. The second-order valence-electron chi connectivity index (χ2n) is 10.5. The number of aromatic nitrogens is 1. The van der Waals surface area contributed by atoms with E-state index < -0.39 is 0 Å². The molecule has 1 aromatic carbocycles. The van der Waals surface area contributed by atoms with Gasteiger partial charge < -0.3 is 9.64 Å². The normalized spacial score (nSPS) is 14.8. The molecular weight excluding hydrogens is 400 g/mol. The van der Waals surface area contributed by atoms with E-state index in [9.17, 15) is 9.59 Å². The number of pyridine rings is 1. The Balaban J connectivity index is 2.01. The molecule has 0 saturated heterocycles. The summed E-state index contributed by atoms with van der Waals surface area (Å²) in [5, 5.41) is 0.994. The van der Waals surface area contributed by atoms with E-state index in [2.05, 4.69) is 27.7 Å². The summed E-state index contributed by atoms with van der Waals surface area (Å²) in [5.41, 5.74) is 1.62. The second kappa shape index (κ2) is 10.5. The summed E-state index contributed by atoms with van der Waals surface area (Å²) in [6.45, 7) is 10.1. The lowest BCUT2D eigenvalue weighted by atomic mass is 9.95. The molecule has 0 spiro atoms. The molecule has 2 aromatic rings. The van der Waals surface area contributed by atoms with Gasteiger partial charge in [-0.05, 0) is 54.2 Å². The lowest BCUT2D eigenvalue weighted by Gasteiger charge is -2.30. The monoisotopic (exact) mass is 440 g/mol. The van der Waals surface area contributed by atoms with Crippen molar-refractivity contribution in [1.82, 2.24) is 9.47 Å². The Morgan fingerprint density at radius 1 is 1.16 bits per heavy atom. The van der Waals surface area contributed by atoms with Crippen LogP contribution in [0.5, 0.6) is 5.75 Å². The van der Waals surface area contributed by atoms with Crippen molar-refractivity contribution in [2.45, 2.75) is 85.1 Å². The molecule has 1 amide bonds. The van der Waals surface area contributed by atoms with Gasteiger partial charge in [0.2, 0.25) is 5.91 Å². The van der Waals surface area contributed by atoms with Crippen molar-refractivity contribution in [3.05, 3.63) is 40.2 Å². The summed E-state index contributed by atoms with van der Waals surface area (Å²) in [6.07, 6.45) is 7.65. The molecule has 5 nitrogen and oxygen atoms in total. The summed E-state index contributed by atoms with van der Waals surface area (Å²) in [7, 11) is 1.63. The van der Waals surface area contributed by atoms with Crippen LogP contribution in [0.2, 0.25) is 0 Å². The van der Waals surface area contributed by atoms with Crippen molar-refractivity contribution in [3.63, 3.8) is 0 Å². The number of rotatable bonds is 9. The Hall–Kier alpha value is -2.30. The highest BCUT2D eigenvalue weighted by atomic mass is 16.5. The Bertz CT molecular complexity index is 981. The van der Waals surface area contributed by atoms with Crippen molar-refractivity contribution >= 4 is 16.8 Å². The molecule has 0 bridgehead atoms. The Morgan fingerprint density at radius 3 is 2.50 bits per heavy atom. The van der Waals surface area contributed by atoms with Gasteiger partial charge in [0.05, 0.1) is 12.6 Å². The van der Waals surface area contributed by atoms with Crippen molar-refractivity contribution in [3.8, 4) is 5.75 Å². The van der Waals surface area contributed by atoms with Crippen molar-refractivity contribution in [2.75, 3.05) is 20.2 Å². The summed E-state index contributed by atoms with van der Waals surface area (Å²) in [4.78, 5) is 29.1. The number of carbonyl (C=O) groups excluding carboxylic acids is 1. The molecule has 32 heavy (non-hydrogen) atoms. The van der Waals surface area contributed by atoms with Gasteiger partial charge in [-0.2, -0.15) is 0 Å². The Labute approximate surface area is 192 Å². The third kappa shape index (κ3) is 5.93. The van der Waals surface area contributed by atoms with Crippen LogP contribution in [0.1, 0.15) is 84.1 Å². The van der Waals surface area contributed by atoms with Crippen LogP contribution in [-0.2, 0) is 11.3 Å². The number of fused-ring (bicyclic) bond motifs is 1. The van der Waals surface area contributed by atoms with Gasteiger partial charge in [0.25, 0.3) is 5.56 Å². The molecule has 1 fully saturated rings. The molecule has 1 saturated carbocycles. The SMILES string of the molecule is CCCCCN(CC(C)(C)C)C(=O)Cn1c(=O)c(C2CCCC2)cc2ccc(OC)cc21. The van der Waals surface area contributed by atoms with Crippen molar-refractivity contribution in [2.24, 2.45) is 5.41 Å². The number of carbonyl (C=O) groups is 1. The first kappa shape index (κ1) is 24.3. The number of hydrogen-bond acceptors (Lipinski definition) is 3. The van der Waals surface area contributed by atoms with Gasteiger partial charge >= 0.3 is 0 Å². The maximum absolute atomic E-state index is 13.6. The number of benzene rings is 1. The van der Waals surface area contributed by atoms with Crippen LogP contribution >= 0.6 is 0 Å². The van der Waals surface area contributed by atoms with Gasteiger partial charge in [-0.15, -0.1) is 0 Å². The van der Waals surface area contributed by atoms with E-state index in [4.69, 9.17) is 4.74 Å². The number of methoxy groups -OCH3 is 1. The zero-order valence-electron chi connectivity index (χ0n) is 20.6. The highest BCUT2D eigenvalue weighted by molar-refractivity contribution is 5.84. The van der Waals surface area contributed by atoms with E-state index in [-0.39, 0.29) is 23.4 Å². The molecule has 1 aliphatic rings. The third-order valence-corrected chi connectivity index (χ3v) is 6.47. The average Bonchev–Trinajstić information content (AvgIpc) is 3.28. The van der Waals surface area contributed by atoms with Crippen LogP contribution in [0, 0.1) is 5.41 Å². The van der Waals surface area contributed by atoms with Crippen LogP contribution in [0.3, 0.4) is 0 Å².